The van der Waals surface area contributed by atoms with Gasteiger partial charge in [0, 0.05) is 15.4 Å². The van der Waals surface area contributed by atoms with Crippen molar-refractivity contribution in [3.8, 4) is 22.3 Å². The maximum absolute atomic E-state index is 3.77. The standard InChI is InChI=1S/C32H23NS/c1-3-11-23(12-4-1)19-20-25-21-22-30-32(33-28-17-9-10-18-29(28)34-30)31(25)27-16-8-7-15-26(27)24-13-5-2-6-14-24/h1-22,33H. The van der Waals surface area contributed by atoms with E-state index >= 15 is 0 Å². The van der Waals surface area contributed by atoms with Crippen molar-refractivity contribution < 1.29 is 0 Å². The molecule has 0 saturated carbocycles. The van der Waals surface area contributed by atoms with Crippen LogP contribution in [-0.2, 0) is 0 Å². The minimum Gasteiger partial charge on any atom is -0.353 e. The van der Waals surface area contributed by atoms with E-state index in [0.29, 0.717) is 0 Å². The van der Waals surface area contributed by atoms with Gasteiger partial charge in [-0.1, -0.05) is 127 Å². The van der Waals surface area contributed by atoms with Crippen LogP contribution in [0.5, 0.6) is 0 Å². The lowest BCUT2D eigenvalue weighted by molar-refractivity contribution is 1.31. The number of rotatable bonds is 4. The Balaban J connectivity index is 1.57. The second kappa shape index (κ2) is 9.09. The summed E-state index contributed by atoms with van der Waals surface area (Å²) >= 11 is 1.83. The van der Waals surface area contributed by atoms with E-state index in [-0.39, 0.29) is 0 Å². The molecule has 34 heavy (non-hydrogen) atoms. The number of anilines is 2. The Kier molecular flexibility index (Phi) is 5.50. The van der Waals surface area contributed by atoms with Gasteiger partial charge in [-0.2, -0.15) is 0 Å². The first-order valence-electron chi connectivity index (χ1n) is 11.5. The second-order valence-electron chi connectivity index (χ2n) is 8.28. The molecule has 0 bridgehead atoms. The number of fused-ring (bicyclic) bond motifs is 2. The topological polar surface area (TPSA) is 12.0 Å². The molecule has 2 heteroatoms. The molecule has 162 valence electrons. The summed E-state index contributed by atoms with van der Waals surface area (Å²) in [7, 11) is 0. The molecule has 0 aromatic heterocycles. The van der Waals surface area contributed by atoms with Crippen molar-refractivity contribution in [2.75, 3.05) is 5.32 Å². The Morgan fingerprint density at radius 1 is 0.529 bits per heavy atom. The molecule has 0 radical (unpaired) electrons. The van der Waals surface area contributed by atoms with Gasteiger partial charge in [0.15, 0.2) is 0 Å². The van der Waals surface area contributed by atoms with Gasteiger partial charge >= 0.3 is 0 Å². The predicted molar refractivity (Wildman–Crippen MR) is 147 cm³/mol. The Morgan fingerprint density at radius 3 is 2.03 bits per heavy atom. The molecule has 5 aromatic carbocycles. The summed E-state index contributed by atoms with van der Waals surface area (Å²) in [6.07, 6.45) is 4.43. The lowest BCUT2D eigenvalue weighted by Gasteiger charge is -2.26. The average Bonchev–Trinajstić information content (AvgIpc) is 2.91. The van der Waals surface area contributed by atoms with Crippen molar-refractivity contribution in [2.45, 2.75) is 9.79 Å². The van der Waals surface area contributed by atoms with Gasteiger partial charge in [0.2, 0.25) is 0 Å². The van der Waals surface area contributed by atoms with E-state index in [1.807, 2.05) is 11.8 Å². The fourth-order valence-corrected chi connectivity index (χ4v) is 5.47. The van der Waals surface area contributed by atoms with Crippen LogP contribution in [0, 0.1) is 0 Å². The summed E-state index contributed by atoms with van der Waals surface area (Å²) in [6.45, 7) is 0. The van der Waals surface area contributed by atoms with Gasteiger partial charge in [-0.3, -0.25) is 0 Å². The van der Waals surface area contributed by atoms with Crippen LogP contribution in [-0.4, -0.2) is 0 Å². The molecular formula is C32H23NS. The Hall–Kier alpha value is -4.01. The number of benzene rings is 5. The van der Waals surface area contributed by atoms with E-state index in [4.69, 9.17) is 0 Å². The number of para-hydroxylation sites is 1. The normalized spacial score (nSPS) is 12.1. The number of hydrogen-bond acceptors (Lipinski definition) is 2. The highest BCUT2D eigenvalue weighted by atomic mass is 32.2. The zero-order valence-electron chi connectivity index (χ0n) is 18.6. The molecule has 5 aromatic rings. The summed E-state index contributed by atoms with van der Waals surface area (Å²) in [4.78, 5) is 2.50. The van der Waals surface area contributed by atoms with Gasteiger partial charge in [0.1, 0.15) is 0 Å². The van der Waals surface area contributed by atoms with E-state index in [9.17, 15) is 0 Å². The first kappa shape index (κ1) is 20.6. The lowest BCUT2D eigenvalue weighted by Crippen LogP contribution is -2.03. The molecule has 6 rings (SSSR count). The van der Waals surface area contributed by atoms with Crippen LogP contribution in [0.1, 0.15) is 11.1 Å². The smallest absolute Gasteiger partial charge is 0.0612 e. The minimum atomic E-state index is 1.16. The maximum atomic E-state index is 3.77. The Bertz CT molecular complexity index is 1490. The van der Waals surface area contributed by atoms with Crippen LogP contribution in [0.25, 0.3) is 34.4 Å². The molecule has 1 N–H and O–H groups in total. The quantitative estimate of drug-likeness (QED) is 0.267. The molecule has 0 spiro atoms. The van der Waals surface area contributed by atoms with Gasteiger partial charge in [0.05, 0.1) is 11.4 Å². The van der Waals surface area contributed by atoms with Crippen molar-refractivity contribution in [1.82, 2.24) is 0 Å². The highest BCUT2D eigenvalue weighted by Crippen LogP contribution is 2.50. The van der Waals surface area contributed by atoms with Gasteiger partial charge in [-0.05, 0) is 46.0 Å². The molecule has 0 atom stereocenters. The third-order valence-electron chi connectivity index (χ3n) is 6.10. The Morgan fingerprint density at radius 2 is 1.21 bits per heavy atom. The average molecular weight is 454 g/mol. The predicted octanol–water partition coefficient (Wildman–Crippen LogP) is 9.40. The molecule has 0 amide bonds. The molecule has 0 saturated heterocycles. The van der Waals surface area contributed by atoms with Gasteiger partial charge in [0.25, 0.3) is 0 Å². The van der Waals surface area contributed by atoms with Crippen LogP contribution in [0.4, 0.5) is 11.4 Å². The fraction of sp³-hybridized carbons (Fsp3) is 0. The van der Waals surface area contributed by atoms with Gasteiger partial charge in [-0.15, -0.1) is 0 Å². The monoisotopic (exact) mass is 453 g/mol. The second-order valence-corrected chi connectivity index (χ2v) is 9.37. The molecule has 0 fully saturated rings. The molecule has 0 unspecified atom stereocenters. The molecule has 1 heterocycles. The van der Waals surface area contributed by atoms with Crippen molar-refractivity contribution >= 4 is 35.3 Å². The van der Waals surface area contributed by atoms with Crippen LogP contribution in [0.15, 0.2) is 131 Å². The van der Waals surface area contributed by atoms with Crippen molar-refractivity contribution in [3.05, 3.63) is 132 Å². The zero-order chi connectivity index (χ0) is 22.7. The molecule has 1 nitrogen and oxygen atoms in total. The first-order valence-corrected chi connectivity index (χ1v) is 12.3. The van der Waals surface area contributed by atoms with Crippen molar-refractivity contribution in [1.29, 1.82) is 0 Å². The van der Waals surface area contributed by atoms with E-state index in [1.54, 1.807) is 0 Å². The van der Waals surface area contributed by atoms with Crippen LogP contribution in [0.3, 0.4) is 0 Å². The number of nitrogens with one attached hydrogen (secondary N) is 1. The first-order chi connectivity index (χ1) is 16.9. The SMILES string of the molecule is C(=Cc1ccc2c(c1-c1ccccc1-c1ccccc1)Nc1ccccc1S2)c1ccccc1. The van der Waals surface area contributed by atoms with Crippen LogP contribution >= 0.6 is 11.8 Å². The highest BCUT2D eigenvalue weighted by Gasteiger charge is 2.22. The summed E-state index contributed by atoms with van der Waals surface area (Å²) in [5, 5.41) is 3.77. The third kappa shape index (κ3) is 3.93. The molecular weight excluding hydrogens is 430 g/mol. The van der Waals surface area contributed by atoms with E-state index < -0.39 is 0 Å². The van der Waals surface area contributed by atoms with E-state index in [1.165, 1.54) is 48.9 Å². The summed E-state index contributed by atoms with van der Waals surface area (Å²) < 4.78 is 0. The highest BCUT2D eigenvalue weighted by molar-refractivity contribution is 7.99. The van der Waals surface area contributed by atoms with E-state index in [2.05, 4.69) is 139 Å². The van der Waals surface area contributed by atoms with E-state index in [0.717, 1.165) is 5.69 Å². The van der Waals surface area contributed by atoms with Gasteiger partial charge < -0.3 is 5.32 Å². The summed E-state index contributed by atoms with van der Waals surface area (Å²) in [5.74, 6) is 0. The maximum Gasteiger partial charge on any atom is 0.0612 e. The lowest BCUT2D eigenvalue weighted by atomic mass is 9.90. The third-order valence-corrected chi connectivity index (χ3v) is 7.24. The van der Waals surface area contributed by atoms with Crippen LogP contribution < -0.4 is 5.32 Å². The molecule has 1 aliphatic rings. The zero-order valence-corrected chi connectivity index (χ0v) is 19.4. The van der Waals surface area contributed by atoms with Gasteiger partial charge in [-0.25, -0.2) is 0 Å². The minimum absolute atomic E-state index is 1.16. The Labute approximate surface area is 204 Å². The summed E-state index contributed by atoms with van der Waals surface area (Å²) in [6, 6.07) is 42.9. The largest absolute Gasteiger partial charge is 0.353 e. The van der Waals surface area contributed by atoms with Crippen molar-refractivity contribution in [3.63, 3.8) is 0 Å². The van der Waals surface area contributed by atoms with Crippen LogP contribution in [0.2, 0.25) is 0 Å². The molecule has 1 aliphatic heterocycles. The fourth-order valence-electron chi connectivity index (χ4n) is 4.47. The number of hydrogen-bond donors (Lipinski definition) is 1. The summed E-state index contributed by atoms with van der Waals surface area (Å²) in [5.41, 5.74) is 9.62. The van der Waals surface area contributed by atoms with Crippen molar-refractivity contribution in [2.24, 2.45) is 0 Å². The molecule has 0 aliphatic carbocycles.